The van der Waals surface area contributed by atoms with Crippen LogP contribution >= 0.6 is 0 Å². The van der Waals surface area contributed by atoms with Crippen LogP contribution in [0.5, 0.6) is 11.5 Å². The molecule has 1 fully saturated rings. The highest BCUT2D eigenvalue weighted by molar-refractivity contribution is 5.45. The fraction of sp³-hybridized carbons (Fsp3) is 0.625. The van der Waals surface area contributed by atoms with E-state index in [0.29, 0.717) is 18.1 Å². The van der Waals surface area contributed by atoms with Crippen molar-refractivity contribution < 1.29 is 9.84 Å². The van der Waals surface area contributed by atoms with Gasteiger partial charge in [-0.05, 0) is 57.5 Å². The number of benzene rings is 1. The number of para-hydroxylation sites is 1. The molecule has 1 aliphatic heterocycles. The summed E-state index contributed by atoms with van der Waals surface area (Å²) in [6.45, 7) is 8.14. The molecular formula is C16H26N2O2. The molecule has 1 aromatic rings. The van der Waals surface area contributed by atoms with Crippen LogP contribution in [0.25, 0.3) is 0 Å². The Bertz CT molecular complexity index is 401. The zero-order valence-electron chi connectivity index (χ0n) is 12.4. The minimum absolute atomic E-state index is 0.312. The number of nitrogens with zero attached hydrogens (tertiary/aromatic N) is 1. The molecule has 0 spiro atoms. The van der Waals surface area contributed by atoms with E-state index in [4.69, 9.17) is 4.74 Å². The molecule has 4 heteroatoms. The van der Waals surface area contributed by atoms with E-state index in [9.17, 15) is 5.11 Å². The van der Waals surface area contributed by atoms with Crippen molar-refractivity contribution >= 4 is 0 Å². The highest BCUT2D eigenvalue weighted by Crippen LogP contribution is 2.30. The normalized spacial score (nSPS) is 16.9. The summed E-state index contributed by atoms with van der Waals surface area (Å²) in [6.07, 6.45) is 3.20. The van der Waals surface area contributed by atoms with Gasteiger partial charge in [0, 0.05) is 13.1 Å². The molecule has 0 unspecified atom stereocenters. The minimum atomic E-state index is 0.312. The first-order valence-corrected chi connectivity index (χ1v) is 7.68. The Morgan fingerprint density at radius 2 is 2.20 bits per heavy atom. The molecule has 0 aliphatic carbocycles. The summed E-state index contributed by atoms with van der Waals surface area (Å²) in [5.74, 6) is 0.913. The van der Waals surface area contributed by atoms with Gasteiger partial charge in [-0.15, -0.1) is 0 Å². The first kappa shape index (κ1) is 15.1. The van der Waals surface area contributed by atoms with Gasteiger partial charge in [0.05, 0.1) is 6.61 Å². The second kappa shape index (κ2) is 8.12. The maximum absolute atomic E-state index is 10.2. The van der Waals surface area contributed by atoms with Crippen molar-refractivity contribution in [2.24, 2.45) is 0 Å². The molecule has 0 bridgehead atoms. The lowest BCUT2D eigenvalue weighted by molar-refractivity contribution is 0.287. The van der Waals surface area contributed by atoms with Crippen molar-refractivity contribution in [3.05, 3.63) is 23.8 Å². The van der Waals surface area contributed by atoms with Crippen molar-refractivity contribution in [1.82, 2.24) is 10.2 Å². The smallest absolute Gasteiger partial charge is 0.161 e. The van der Waals surface area contributed by atoms with E-state index in [1.165, 1.54) is 13.0 Å². The second-order valence-corrected chi connectivity index (χ2v) is 5.25. The number of aryl methyl sites for hydroxylation is 1. The monoisotopic (exact) mass is 278 g/mol. The first-order chi connectivity index (χ1) is 9.81. The summed E-state index contributed by atoms with van der Waals surface area (Å²) in [5.41, 5.74) is 0.990. The van der Waals surface area contributed by atoms with Crippen LogP contribution < -0.4 is 10.1 Å². The van der Waals surface area contributed by atoms with Gasteiger partial charge in [0.15, 0.2) is 11.5 Å². The molecule has 0 radical (unpaired) electrons. The SMILES string of the molecule is CCOc1cccc(CCCN2CCCNCC2)c1O. The van der Waals surface area contributed by atoms with Gasteiger partial charge in [-0.25, -0.2) is 0 Å². The van der Waals surface area contributed by atoms with Crippen LogP contribution in [0.4, 0.5) is 0 Å². The Labute approximate surface area is 121 Å². The van der Waals surface area contributed by atoms with Crippen molar-refractivity contribution in [2.45, 2.75) is 26.2 Å². The van der Waals surface area contributed by atoms with Gasteiger partial charge in [0.25, 0.3) is 0 Å². The number of hydrogen-bond acceptors (Lipinski definition) is 4. The third-order valence-electron chi connectivity index (χ3n) is 3.74. The third kappa shape index (κ3) is 4.39. The summed E-state index contributed by atoms with van der Waals surface area (Å²) < 4.78 is 5.42. The zero-order valence-corrected chi connectivity index (χ0v) is 12.4. The minimum Gasteiger partial charge on any atom is -0.504 e. The average Bonchev–Trinajstić information content (AvgIpc) is 2.72. The first-order valence-electron chi connectivity index (χ1n) is 7.68. The molecule has 0 aromatic heterocycles. The molecule has 2 rings (SSSR count). The maximum Gasteiger partial charge on any atom is 0.161 e. The molecule has 2 N–H and O–H groups in total. The van der Waals surface area contributed by atoms with E-state index in [-0.39, 0.29) is 0 Å². The molecule has 20 heavy (non-hydrogen) atoms. The summed E-state index contributed by atoms with van der Waals surface area (Å²) in [7, 11) is 0. The molecule has 1 saturated heterocycles. The third-order valence-corrected chi connectivity index (χ3v) is 3.74. The van der Waals surface area contributed by atoms with Crippen LogP contribution in [0.3, 0.4) is 0 Å². The van der Waals surface area contributed by atoms with Crippen LogP contribution in [0.15, 0.2) is 18.2 Å². The Kier molecular flexibility index (Phi) is 6.15. The van der Waals surface area contributed by atoms with Gasteiger partial charge in [-0.2, -0.15) is 0 Å². The molecule has 0 amide bonds. The summed E-state index contributed by atoms with van der Waals surface area (Å²) in [5, 5.41) is 13.6. The molecular weight excluding hydrogens is 252 g/mol. The Balaban J connectivity index is 1.82. The van der Waals surface area contributed by atoms with Crippen LogP contribution in [0.1, 0.15) is 25.3 Å². The number of rotatable bonds is 6. The van der Waals surface area contributed by atoms with E-state index < -0.39 is 0 Å². The standard InChI is InChI=1S/C16H26N2O2/c1-2-20-15-8-3-6-14(16(15)19)7-4-11-18-12-5-9-17-10-13-18/h3,6,8,17,19H,2,4-5,7,9-13H2,1H3. The molecule has 112 valence electrons. The number of aromatic hydroxyl groups is 1. The zero-order chi connectivity index (χ0) is 14.2. The Hall–Kier alpha value is -1.26. The maximum atomic E-state index is 10.2. The molecule has 0 saturated carbocycles. The van der Waals surface area contributed by atoms with Crippen LogP contribution in [-0.2, 0) is 6.42 Å². The van der Waals surface area contributed by atoms with Gasteiger partial charge in [-0.1, -0.05) is 12.1 Å². The van der Waals surface area contributed by atoms with Crippen molar-refractivity contribution in [3.8, 4) is 11.5 Å². The quantitative estimate of drug-likeness (QED) is 0.835. The molecule has 1 aliphatic rings. The van der Waals surface area contributed by atoms with Crippen LogP contribution in [0, 0.1) is 0 Å². The van der Waals surface area contributed by atoms with E-state index in [1.807, 2.05) is 25.1 Å². The van der Waals surface area contributed by atoms with E-state index in [2.05, 4.69) is 10.2 Å². The summed E-state index contributed by atoms with van der Waals surface area (Å²) >= 11 is 0. The molecule has 1 aromatic carbocycles. The van der Waals surface area contributed by atoms with Crippen molar-refractivity contribution in [3.63, 3.8) is 0 Å². The topological polar surface area (TPSA) is 44.7 Å². The lowest BCUT2D eigenvalue weighted by Crippen LogP contribution is -2.29. The van der Waals surface area contributed by atoms with Gasteiger partial charge in [-0.3, -0.25) is 0 Å². The number of hydrogen-bond donors (Lipinski definition) is 2. The predicted molar refractivity (Wildman–Crippen MR) is 81.5 cm³/mol. The van der Waals surface area contributed by atoms with Crippen LogP contribution in [0.2, 0.25) is 0 Å². The Morgan fingerprint density at radius 3 is 3.05 bits per heavy atom. The summed E-state index contributed by atoms with van der Waals surface area (Å²) in [4.78, 5) is 2.50. The van der Waals surface area contributed by atoms with Gasteiger partial charge < -0.3 is 20.1 Å². The highest BCUT2D eigenvalue weighted by atomic mass is 16.5. The molecule has 1 heterocycles. The van der Waals surface area contributed by atoms with Crippen molar-refractivity contribution in [2.75, 3.05) is 39.3 Å². The number of nitrogens with one attached hydrogen (secondary N) is 1. The van der Waals surface area contributed by atoms with E-state index in [1.54, 1.807) is 0 Å². The van der Waals surface area contributed by atoms with E-state index in [0.717, 1.165) is 44.6 Å². The molecule has 4 nitrogen and oxygen atoms in total. The predicted octanol–water partition coefficient (Wildman–Crippen LogP) is 2.02. The van der Waals surface area contributed by atoms with Gasteiger partial charge in [0.1, 0.15) is 0 Å². The number of phenols is 1. The average molecular weight is 278 g/mol. The second-order valence-electron chi connectivity index (χ2n) is 5.25. The number of phenolic OH excluding ortho intramolecular Hbond substituents is 1. The van der Waals surface area contributed by atoms with E-state index >= 15 is 0 Å². The summed E-state index contributed by atoms with van der Waals surface area (Å²) in [6, 6.07) is 5.76. The fourth-order valence-corrected chi connectivity index (χ4v) is 2.66. The van der Waals surface area contributed by atoms with Crippen molar-refractivity contribution in [1.29, 1.82) is 0 Å². The fourth-order valence-electron chi connectivity index (χ4n) is 2.66. The molecule has 0 atom stereocenters. The lowest BCUT2D eigenvalue weighted by Gasteiger charge is -2.19. The van der Waals surface area contributed by atoms with Gasteiger partial charge >= 0.3 is 0 Å². The van der Waals surface area contributed by atoms with Crippen LogP contribution in [-0.4, -0.2) is 49.3 Å². The highest BCUT2D eigenvalue weighted by Gasteiger charge is 2.10. The Morgan fingerprint density at radius 1 is 1.30 bits per heavy atom. The number of ether oxygens (including phenoxy) is 1. The largest absolute Gasteiger partial charge is 0.504 e. The lowest BCUT2D eigenvalue weighted by atomic mass is 10.1. The van der Waals surface area contributed by atoms with Gasteiger partial charge in [0.2, 0.25) is 0 Å².